The van der Waals surface area contributed by atoms with E-state index in [1.54, 1.807) is 0 Å². The third-order valence-corrected chi connectivity index (χ3v) is 4.13. The number of nitrogens with one attached hydrogen (secondary N) is 3. The lowest BCUT2D eigenvalue weighted by molar-refractivity contribution is -0.150. The molecule has 0 aliphatic carbocycles. The van der Waals surface area contributed by atoms with Crippen LogP contribution in [0.2, 0.25) is 0 Å². The molecule has 3 N–H and O–H groups in total. The van der Waals surface area contributed by atoms with Crippen molar-refractivity contribution in [1.82, 2.24) is 10.6 Å². The van der Waals surface area contributed by atoms with Crippen LogP contribution in [0, 0.1) is 18.3 Å². The zero-order valence-corrected chi connectivity index (χ0v) is 18.2. The molecule has 0 heterocycles. The van der Waals surface area contributed by atoms with Crippen molar-refractivity contribution in [3.63, 3.8) is 0 Å². The van der Waals surface area contributed by atoms with E-state index in [2.05, 4.69) is 21.3 Å². The standard InChI is InChI=1S/C20H32N3O6/c1-9-10-29-12-13(15(25)22-20(6,7)17(27)28-8)11-14(24)19(4,5)23-16(26)18(2,3)21/h1,13,21H,10-12H2,2-8H3,(H,22,25)(H,23,26)/q-1/t13-/m0/s1. The van der Waals surface area contributed by atoms with Crippen molar-refractivity contribution in [3.8, 4) is 12.3 Å². The highest BCUT2D eigenvalue weighted by Crippen LogP contribution is 2.17. The molecule has 0 aliphatic heterocycles. The van der Waals surface area contributed by atoms with Gasteiger partial charge in [-0.25, -0.2) is 4.79 Å². The zero-order valence-electron chi connectivity index (χ0n) is 18.2. The third-order valence-electron chi connectivity index (χ3n) is 4.13. The first-order chi connectivity index (χ1) is 13.1. The Morgan fingerprint density at radius 2 is 1.59 bits per heavy atom. The summed E-state index contributed by atoms with van der Waals surface area (Å²) in [4.78, 5) is 49.4. The number of terminal acetylenes is 1. The second-order valence-corrected chi connectivity index (χ2v) is 8.35. The van der Waals surface area contributed by atoms with E-state index in [0.29, 0.717) is 0 Å². The van der Waals surface area contributed by atoms with Crippen LogP contribution in [0.15, 0.2) is 0 Å². The first-order valence-electron chi connectivity index (χ1n) is 9.11. The molecule has 0 rings (SSSR count). The van der Waals surface area contributed by atoms with E-state index in [4.69, 9.17) is 16.9 Å². The molecule has 0 aromatic heterocycles. The van der Waals surface area contributed by atoms with Gasteiger partial charge in [-0.1, -0.05) is 25.3 Å². The molecule has 29 heavy (non-hydrogen) atoms. The molecule has 1 atom stereocenters. The fraction of sp³-hybridized carbons (Fsp3) is 0.700. The van der Waals surface area contributed by atoms with E-state index < -0.39 is 46.1 Å². The summed E-state index contributed by atoms with van der Waals surface area (Å²) in [5.41, 5.74) is 3.73. The second kappa shape index (κ2) is 10.4. The average molecular weight is 410 g/mol. The molecule has 0 bridgehead atoms. The molecule has 0 spiro atoms. The maximum atomic E-state index is 12.8. The van der Waals surface area contributed by atoms with Crippen LogP contribution in [0.4, 0.5) is 0 Å². The van der Waals surface area contributed by atoms with Gasteiger partial charge in [-0.15, -0.1) is 6.42 Å². The van der Waals surface area contributed by atoms with E-state index in [-0.39, 0.29) is 19.6 Å². The quantitative estimate of drug-likeness (QED) is 0.296. The maximum absolute atomic E-state index is 12.8. The average Bonchev–Trinajstić information content (AvgIpc) is 2.58. The van der Waals surface area contributed by atoms with Gasteiger partial charge in [0.1, 0.15) is 12.1 Å². The first kappa shape index (κ1) is 26.6. The number of Topliss-reactive ketones (excluding diaryl/α,β-unsaturated/α-hetero) is 1. The monoisotopic (exact) mass is 410 g/mol. The van der Waals surface area contributed by atoms with Gasteiger partial charge in [0.15, 0.2) is 5.78 Å². The van der Waals surface area contributed by atoms with Crippen LogP contribution < -0.4 is 10.6 Å². The van der Waals surface area contributed by atoms with Gasteiger partial charge in [-0.3, -0.25) is 14.4 Å². The molecule has 0 aromatic carbocycles. The van der Waals surface area contributed by atoms with Gasteiger partial charge in [0.25, 0.3) is 0 Å². The highest BCUT2D eigenvalue weighted by molar-refractivity contribution is 5.98. The molecular weight excluding hydrogens is 378 g/mol. The summed E-state index contributed by atoms with van der Waals surface area (Å²) >= 11 is 0. The Hall–Kier alpha value is -2.44. The van der Waals surface area contributed by atoms with E-state index in [9.17, 15) is 19.2 Å². The maximum Gasteiger partial charge on any atom is 0.330 e. The van der Waals surface area contributed by atoms with Crippen molar-refractivity contribution in [2.45, 2.75) is 64.6 Å². The number of hydrogen-bond acceptors (Lipinski definition) is 6. The number of carbonyl (C=O) groups is 4. The fourth-order valence-corrected chi connectivity index (χ4v) is 2.19. The summed E-state index contributed by atoms with van der Waals surface area (Å²) in [6.45, 7) is 8.54. The Balaban J connectivity index is 5.38. The van der Waals surface area contributed by atoms with Crippen molar-refractivity contribution in [2.75, 3.05) is 20.3 Å². The van der Waals surface area contributed by atoms with E-state index in [1.165, 1.54) is 48.7 Å². The van der Waals surface area contributed by atoms with Gasteiger partial charge in [-0.2, -0.15) is 0 Å². The molecule has 2 amide bonds. The minimum Gasteiger partial charge on any atom is -0.664 e. The largest absolute Gasteiger partial charge is 0.664 e. The fourth-order valence-electron chi connectivity index (χ4n) is 2.19. The van der Waals surface area contributed by atoms with Crippen LogP contribution in [-0.2, 0) is 28.7 Å². The van der Waals surface area contributed by atoms with E-state index in [1.807, 2.05) is 0 Å². The van der Waals surface area contributed by atoms with Crippen LogP contribution in [0.25, 0.3) is 5.73 Å². The molecule has 0 aliphatic rings. The third kappa shape index (κ3) is 8.62. The zero-order chi connectivity index (χ0) is 23.0. The van der Waals surface area contributed by atoms with Crippen LogP contribution in [0.3, 0.4) is 0 Å². The summed E-state index contributed by atoms with van der Waals surface area (Å²) in [6, 6.07) is 0. The van der Waals surface area contributed by atoms with Crippen molar-refractivity contribution in [1.29, 1.82) is 0 Å². The number of methoxy groups -OCH3 is 1. The molecular formula is C20H32N3O6-. The van der Waals surface area contributed by atoms with Crippen LogP contribution >= 0.6 is 0 Å². The lowest BCUT2D eigenvalue weighted by atomic mass is 9.89. The number of esters is 1. The van der Waals surface area contributed by atoms with Gasteiger partial charge in [0.05, 0.1) is 25.2 Å². The highest BCUT2D eigenvalue weighted by atomic mass is 16.5. The minimum absolute atomic E-state index is 0.0501. The van der Waals surface area contributed by atoms with Gasteiger partial charge in [-0.05, 0) is 27.7 Å². The predicted octanol–water partition coefficient (Wildman–Crippen LogP) is 1.01. The van der Waals surface area contributed by atoms with Gasteiger partial charge in [0.2, 0.25) is 11.8 Å². The summed E-state index contributed by atoms with van der Waals surface area (Å²) in [6.07, 6.45) is 4.88. The Kier molecular flexibility index (Phi) is 9.50. The van der Waals surface area contributed by atoms with Crippen molar-refractivity contribution < 1.29 is 28.7 Å². The molecule has 0 saturated carbocycles. The summed E-state index contributed by atoms with van der Waals surface area (Å²) in [7, 11) is 1.20. The smallest absolute Gasteiger partial charge is 0.330 e. The SMILES string of the molecule is C#CCOC[C@H](CC(=O)C(C)(C)NC(=O)C(C)(C)[NH-])C(=O)NC(C)(C)C(=O)OC. The number of ketones is 1. The van der Waals surface area contributed by atoms with Crippen LogP contribution in [-0.4, -0.2) is 60.5 Å². The molecule has 0 unspecified atom stereocenters. The number of hydrogen-bond donors (Lipinski definition) is 2. The highest BCUT2D eigenvalue weighted by Gasteiger charge is 2.37. The molecule has 164 valence electrons. The Morgan fingerprint density at radius 3 is 2.03 bits per heavy atom. The summed E-state index contributed by atoms with van der Waals surface area (Å²) in [5.74, 6) is -0.961. The predicted molar refractivity (Wildman–Crippen MR) is 108 cm³/mol. The van der Waals surface area contributed by atoms with E-state index >= 15 is 0 Å². The molecule has 0 radical (unpaired) electrons. The molecule has 9 nitrogen and oxygen atoms in total. The summed E-state index contributed by atoms with van der Waals surface area (Å²) < 4.78 is 9.90. The second-order valence-electron chi connectivity index (χ2n) is 8.35. The number of rotatable bonds is 11. The number of ether oxygens (including phenoxy) is 2. The number of carbonyl (C=O) groups excluding carboxylic acids is 4. The van der Waals surface area contributed by atoms with E-state index in [0.717, 1.165) is 0 Å². The lowest BCUT2D eigenvalue weighted by Crippen LogP contribution is -2.56. The normalized spacial score (nSPS) is 13.1. The van der Waals surface area contributed by atoms with Crippen LogP contribution in [0.5, 0.6) is 0 Å². The number of amides is 2. The van der Waals surface area contributed by atoms with Gasteiger partial charge >= 0.3 is 5.97 Å². The van der Waals surface area contributed by atoms with Gasteiger partial charge < -0.3 is 25.8 Å². The van der Waals surface area contributed by atoms with Crippen molar-refractivity contribution in [3.05, 3.63) is 5.73 Å². The topological polar surface area (TPSA) is 135 Å². The van der Waals surface area contributed by atoms with Gasteiger partial charge in [0, 0.05) is 6.42 Å². The van der Waals surface area contributed by atoms with Crippen molar-refractivity contribution in [2.24, 2.45) is 5.92 Å². The minimum atomic E-state index is -1.42. The Labute approximate surface area is 172 Å². The van der Waals surface area contributed by atoms with Crippen LogP contribution in [0.1, 0.15) is 48.0 Å². The Bertz CT molecular complexity index is 671. The molecule has 9 heteroatoms. The molecule has 0 aromatic rings. The molecule has 0 fully saturated rings. The summed E-state index contributed by atoms with van der Waals surface area (Å²) in [5, 5.41) is 5.07. The Morgan fingerprint density at radius 1 is 1.03 bits per heavy atom. The molecule has 0 saturated heterocycles. The van der Waals surface area contributed by atoms with Crippen molar-refractivity contribution >= 4 is 23.6 Å². The first-order valence-corrected chi connectivity index (χ1v) is 9.11. The lowest BCUT2D eigenvalue weighted by Gasteiger charge is -2.34.